The second kappa shape index (κ2) is 6.30. The van der Waals surface area contributed by atoms with Crippen LogP contribution in [0.4, 0.5) is 0 Å². The van der Waals surface area contributed by atoms with Crippen LogP contribution < -0.4 is 4.74 Å². The van der Waals surface area contributed by atoms with Crippen molar-refractivity contribution in [3.63, 3.8) is 0 Å². The number of benzene rings is 2. The molecule has 0 unspecified atom stereocenters. The van der Waals surface area contributed by atoms with Gasteiger partial charge in [-0.1, -0.05) is 35.9 Å². The van der Waals surface area contributed by atoms with Gasteiger partial charge >= 0.3 is 5.97 Å². The number of fused-ring (bicyclic) bond motifs is 3. The van der Waals surface area contributed by atoms with Crippen LogP contribution >= 0.6 is 22.9 Å². The molecular weight excluding hydrogens is 344 g/mol. The summed E-state index contributed by atoms with van der Waals surface area (Å²) in [4.78, 5) is 14.0. The van der Waals surface area contributed by atoms with Gasteiger partial charge in [-0.15, -0.1) is 11.3 Å². The van der Waals surface area contributed by atoms with Crippen LogP contribution in [0.15, 0.2) is 54.6 Å². The minimum Gasteiger partial charge on any atom is -0.488 e. The van der Waals surface area contributed by atoms with Crippen LogP contribution in [-0.4, -0.2) is 5.97 Å². The predicted octanol–water partition coefficient (Wildman–Crippen LogP) is 5.32. The molecule has 0 saturated heterocycles. The molecule has 0 aliphatic carbocycles. The third kappa shape index (κ3) is 2.90. The first kappa shape index (κ1) is 15.2. The summed E-state index contributed by atoms with van der Waals surface area (Å²) in [7, 11) is 0. The Labute approximate surface area is 148 Å². The van der Waals surface area contributed by atoms with Crippen LogP contribution in [0, 0.1) is 0 Å². The van der Waals surface area contributed by atoms with Gasteiger partial charge in [0.1, 0.15) is 23.8 Å². The lowest BCUT2D eigenvalue weighted by atomic mass is 10.1. The molecule has 0 atom stereocenters. The lowest BCUT2D eigenvalue weighted by Gasteiger charge is -2.16. The number of para-hydroxylation sites is 1. The number of hydrogen-bond donors (Lipinski definition) is 0. The van der Waals surface area contributed by atoms with E-state index in [4.69, 9.17) is 21.1 Å². The van der Waals surface area contributed by atoms with E-state index in [1.54, 1.807) is 12.1 Å². The molecule has 0 saturated carbocycles. The van der Waals surface area contributed by atoms with E-state index >= 15 is 0 Å². The molecule has 1 aromatic heterocycles. The summed E-state index contributed by atoms with van der Waals surface area (Å²) < 4.78 is 11.1. The van der Waals surface area contributed by atoms with Crippen molar-refractivity contribution in [2.24, 2.45) is 0 Å². The van der Waals surface area contributed by atoms with Gasteiger partial charge in [0.15, 0.2) is 0 Å². The first-order valence-electron chi connectivity index (χ1n) is 7.47. The molecule has 4 rings (SSSR count). The number of halogens is 1. The van der Waals surface area contributed by atoms with E-state index in [1.807, 2.05) is 42.5 Å². The van der Waals surface area contributed by atoms with E-state index in [2.05, 4.69) is 0 Å². The van der Waals surface area contributed by atoms with Crippen molar-refractivity contribution in [1.29, 1.82) is 0 Å². The molecule has 0 fully saturated rings. The van der Waals surface area contributed by atoms with E-state index in [0.29, 0.717) is 16.5 Å². The summed E-state index contributed by atoms with van der Waals surface area (Å²) in [6, 6.07) is 17.0. The first-order valence-corrected chi connectivity index (χ1v) is 8.66. The fourth-order valence-electron chi connectivity index (χ4n) is 2.65. The Bertz CT molecular complexity index is 916. The Hall–Kier alpha value is -2.30. The summed E-state index contributed by atoms with van der Waals surface area (Å²) >= 11 is 7.39. The minimum atomic E-state index is -0.327. The van der Waals surface area contributed by atoms with Crippen LogP contribution in [0.2, 0.25) is 5.02 Å². The third-order valence-corrected chi connectivity index (χ3v) is 5.21. The Morgan fingerprint density at radius 2 is 2.04 bits per heavy atom. The Morgan fingerprint density at radius 1 is 1.17 bits per heavy atom. The van der Waals surface area contributed by atoms with Crippen LogP contribution in [0.5, 0.6) is 5.75 Å². The molecule has 0 spiro atoms. The van der Waals surface area contributed by atoms with E-state index < -0.39 is 0 Å². The van der Waals surface area contributed by atoms with E-state index in [-0.39, 0.29) is 12.6 Å². The zero-order chi connectivity index (χ0) is 16.5. The van der Waals surface area contributed by atoms with Gasteiger partial charge in [-0.05, 0) is 35.9 Å². The lowest BCUT2D eigenvalue weighted by molar-refractivity contribution is 0.0478. The molecule has 3 nitrogen and oxygen atoms in total. The molecule has 120 valence electrons. The second-order valence-electron chi connectivity index (χ2n) is 5.46. The van der Waals surface area contributed by atoms with Crippen molar-refractivity contribution >= 4 is 28.9 Å². The normalized spacial score (nSPS) is 12.0. The molecule has 5 heteroatoms. The maximum Gasteiger partial charge on any atom is 0.348 e. The number of hydrogen-bond acceptors (Lipinski definition) is 4. The van der Waals surface area contributed by atoms with Crippen LogP contribution in [0.3, 0.4) is 0 Å². The monoisotopic (exact) mass is 356 g/mol. The zero-order valence-corrected chi connectivity index (χ0v) is 14.2. The second-order valence-corrected chi connectivity index (χ2v) is 6.94. The molecule has 0 N–H and O–H groups in total. The van der Waals surface area contributed by atoms with Crippen molar-refractivity contribution in [2.75, 3.05) is 0 Å². The van der Waals surface area contributed by atoms with Crippen molar-refractivity contribution in [3.8, 4) is 16.2 Å². The predicted molar refractivity (Wildman–Crippen MR) is 94.7 cm³/mol. The summed E-state index contributed by atoms with van der Waals surface area (Å²) in [6.45, 7) is 0.680. The van der Waals surface area contributed by atoms with Gasteiger partial charge in [-0.25, -0.2) is 4.79 Å². The summed E-state index contributed by atoms with van der Waals surface area (Å²) in [5.41, 5.74) is 2.91. The first-order chi connectivity index (χ1) is 11.7. The summed E-state index contributed by atoms with van der Waals surface area (Å²) in [5, 5.41) is 0.629. The average Bonchev–Trinajstić information content (AvgIpc) is 3.04. The molecule has 2 heterocycles. The quantitative estimate of drug-likeness (QED) is 0.596. The molecule has 1 aliphatic heterocycles. The molecule has 0 radical (unpaired) electrons. The largest absolute Gasteiger partial charge is 0.488 e. The Kier molecular flexibility index (Phi) is 4.00. The Morgan fingerprint density at radius 3 is 2.92 bits per heavy atom. The molecule has 1 aliphatic rings. The van der Waals surface area contributed by atoms with Gasteiger partial charge < -0.3 is 9.47 Å². The fraction of sp³-hybridized carbons (Fsp3) is 0.105. The summed E-state index contributed by atoms with van der Waals surface area (Å²) in [6.07, 6.45) is 0. The van der Waals surface area contributed by atoms with Gasteiger partial charge in [0, 0.05) is 21.0 Å². The third-order valence-electron chi connectivity index (χ3n) is 3.78. The van der Waals surface area contributed by atoms with Gasteiger partial charge in [0.05, 0.1) is 0 Å². The van der Waals surface area contributed by atoms with Crippen LogP contribution in [0.25, 0.3) is 10.4 Å². The number of esters is 1. The number of ether oxygens (including phenoxy) is 2. The number of thiophene rings is 1. The van der Waals surface area contributed by atoms with Crippen LogP contribution in [0.1, 0.15) is 20.8 Å². The molecule has 24 heavy (non-hydrogen) atoms. The highest BCUT2D eigenvalue weighted by Gasteiger charge is 2.23. The van der Waals surface area contributed by atoms with Crippen molar-refractivity contribution in [3.05, 3.63) is 75.6 Å². The fourth-order valence-corrected chi connectivity index (χ4v) is 3.95. The maximum atomic E-state index is 12.3. The SMILES string of the molecule is O=C(OCc1cccc(Cl)c1)c1cc2c(s1)-c1ccccc1OC2. The molecule has 3 aromatic rings. The highest BCUT2D eigenvalue weighted by molar-refractivity contribution is 7.17. The van der Waals surface area contributed by atoms with E-state index in [0.717, 1.165) is 27.3 Å². The molecule has 0 amide bonds. The van der Waals surface area contributed by atoms with Crippen LogP contribution in [-0.2, 0) is 18.0 Å². The Balaban J connectivity index is 1.54. The van der Waals surface area contributed by atoms with E-state index in [1.165, 1.54) is 11.3 Å². The van der Waals surface area contributed by atoms with Gasteiger partial charge in [-0.2, -0.15) is 0 Å². The topological polar surface area (TPSA) is 35.5 Å². The van der Waals surface area contributed by atoms with E-state index in [9.17, 15) is 4.79 Å². The minimum absolute atomic E-state index is 0.203. The zero-order valence-electron chi connectivity index (χ0n) is 12.6. The summed E-state index contributed by atoms with van der Waals surface area (Å²) in [5.74, 6) is 0.526. The molecule has 0 bridgehead atoms. The van der Waals surface area contributed by atoms with Crippen molar-refractivity contribution < 1.29 is 14.3 Å². The number of carbonyl (C=O) groups excluding carboxylic acids is 1. The highest BCUT2D eigenvalue weighted by atomic mass is 35.5. The van der Waals surface area contributed by atoms with Crippen molar-refractivity contribution in [2.45, 2.75) is 13.2 Å². The standard InChI is InChI=1S/C19H13ClO3S/c20-14-5-3-4-12(8-14)10-23-19(21)17-9-13-11-22-16-7-2-1-6-15(16)18(13)24-17/h1-9H,10-11H2. The maximum absolute atomic E-state index is 12.3. The number of carbonyl (C=O) groups is 1. The average molecular weight is 357 g/mol. The van der Waals surface area contributed by atoms with Crippen molar-refractivity contribution in [1.82, 2.24) is 0 Å². The number of rotatable bonds is 3. The lowest BCUT2D eigenvalue weighted by Crippen LogP contribution is -2.03. The molecule has 2 aromatic carbocycles. The highest BCUT2D eigenvalue weighted by Crippen LogP contribution is 2.42. The van der Waals surface area contributed by atoms with Gasteiger partial charge in [0.2, 0.25) is 0 Å². The molecular formula is C19H13ClO3S. The van der Waals surface area contributed by atoms with Gasteiger partial charge in [-0.3, -0.25) is 0 Å². The smallest absolute Gasteiger partial charge is 0.348 e. The van der Waals surface area contributed by atoms with Gasteiger partial charge in [0.25, 0.3) is 0 Å².